The molecule has 33 heavy (non-hydrogen) atoms. The molecule has 2 amide bonds. The van der Waals surface area contributed by atoms with E-state index in [4.69, 9.17) is 9.47 Å². The molecule has 0 saturated heterocycles. The van der Waals surface area contributed by atoms with E-state index in [0.29, 0.717) is 29.5 Å². The van der Waals surface area contributed by atoms with Crippen LogP contribution in [0, 0.1) is 0 Å². The number of carbonyl (C=O) groups excluding carboxylic acids is 2. The molecule has 10 heteroatoms. The van der Waals surface area contributed by atoms with E-state index in [-0.39, 0.29) is 23.8 Å². The lowest BCUT2D eigenvalue weighted by Gasteiger charge is -2.24. The Morgan fingerprint density at radius 1 is 1.15 bits per heavy atom. The van der Waals surface area contributed by atoms with Gasteiger partial charge in [-0.1, -0.05) is 12.1 Å². The van der Waals surface area contributed by atoms with E-state index in [9.17, 15) is 14.4 Å². The van der Waals surface area contributed by atoms with E-state index < -0.39 is 23.3 Å². The van der Waals surface area contributed by atoms with Crippen molar-refractivity contribution < 1.29 is 19.1 Å². The van der Waals surface area contributed by atoms with Gasteiger partial charge in [0.25, 0.3) is 5.56 Å². The van der Waals surface area contributed by atoms with E-state index in [1.165, 1.54) is 0 Å². The van der Waals surface area contributed by atoms with Crippen LogP contribution in [0.3, 0.4) is 0 Å². The zero-order valence-corrected chi connectivity index (χ0v) is 18.1. The van der Waals surface area contributed by atoms with Gasteiger partial charge in [0, 0.05) is 12.1 Å². The number of nitrogens with zero attached hydrogens (tertiary/aromatic N) is 1. The zero-order chi connectivity index (χ0) is 23.4. The third-order valence-corrected chi connectivity index (χ3v) is 5.07. The van der Waals surface area contributed by atoms with Crippen molar-refractivity contribution in [2.75, 3.05) is 29.7 Å². The summed E-state index contributed by atoms with van der Waals surface area (Å²) in [5.41, 5.74) is 0.692. The summed E-state index contributed by atoms with van der Waals surface area (Å²) in [5.74, 6) is -0.555. The number of nitrogens with one attached hydrogen (secondary N) is 4. The van der Waals surface area contributed by atoms with Gasteiger partial charge in [0.2, 0.25) is 17.8 Å². The Labute approximate surface area is 189 Å². The molecule has 0 aliphatic carbocycles. The molecule has 4 N–H and O–H groups in total. The van der Waals surface area contributed by atoms with Gasteiger partial charge in [0.15, 0.2) is 0 Å². The zero-order valence-electron chi connectivity index (χ0n) is 18.1. The first-order chi connectivity index (χ1) is 16.0. The summed E-state index contributed by atoms with van der Waals surface area (Å²) in [6, 6.07) is 14.0. The Morgan fingerprint density at radius 3 is 2.64 bits per heavy atom. The lowest BCUT2D eigenvalue weighted by molar-refractivity contribution is -0.123. The molecule has 0 spiro atoms. The Bertz CT molecular complexity index is 1240. The van der Waals surface area contributed by atoms with Crippen LogP contribution in [0.15, 0.2) is 53.3 Å². The molecule has 4 rings (SSSR count). The van der Waals surface area contributed by atoms with E-state index in [1.807, 2.05) is 6.92 Å². The normalized spacial score (nSPS) is 14.6. The maximum Gasteiger partial charge on any atom is 0.258 e. The summed E-state index contributed by atoms with van der Waals surface area (Å²) < 4.78 is 10.7. The largest absolute Gasteiger partial charge is 0.497 e. The van der Waals surface area contributed by atoms with Crippen LogP contribution in [0.2, 0.25) is 0 Å². The average molecular weight is 449 g/mol. The van der Waals surface area contributed by atoms with Gasteiger partial charge in [-0.2, -0.15) is 4.98 Å². The second-order valence-electron chi connectivity index (χ2n) is 7.25. The lowest BCUT2D eigenvalue weighted by Crippen LogP contribution is -2.36. The van der Waals surface area contributed by atoms with Crippen molar-refractivity contribution in [3.05, 3.63) is 64.4 Å². The number of para-hydroxylation sites is 2. The second kappa shape index (κ2) is 9.43. The first-order valence-electron chi connectivity index (χ1n) is 10.4. The number of amides is 2. The van der Waals surface area contributed by atoms with Crippen LogP contribution in [-0.2, 0) is 9.59 Å². The Kier molecular flexibility index (Phi) is 6.25. The molecule has 3 aromatic rings. The van der Waals surface area contributed by atoms with Gasteiger partial charge in [-0.05, 0) is 43.3 Å². The number of carbonyl (C=O) groups is 2. The van der Waals surface area contributed by atoms with Crippen LogP contribution < -0.4 is 31.0 Å². The second-order valence-corrected chi connectivity index (χ2v) is 7.25. The fourth-order valence-electron chi connectivity index (χ4n) is 3.54. The lowest BCUT2D eigenvalue weighted by atomic mass is 9.92. The number of rotatable bonds is 7. The SMILES string of the molecule is CCOc1ccccc1NC(=O)[C@H]1CC(=O)Nc2nc(Nc3ccc(OC)cc3)[nH]c(=O)c21. The van der Waals surface area contributed by atoms with Gasteiger partial charge >= 0.3 is 0 Å². The molecule has 0 fully saturated rings. The highest BCUT2D eigenvalue weighted by molar-refractivity contribution is 6.05. The third kappa shape index (κ3) is 4.79. The highest BCUT2D eigenvalue weighted by Gasteiger charge is 2.35. The highest BCUT2D eigenvalue weighted by Crippen LogP contribution is 2.32. The Balaban J connectivity index is 1.61. The maximum atomic E-state index is 13.1. The molecule has 0 saturated carbocycles. The summed E-state index contributed by atoms with van der Waals surface area (Å²) in [4.78, 5) is 45.2. The van der Waals surface area contributed by atoms with Crippen molar-refractivity contribution in [3.8, 4) is 11.5 Å². The fourth-order valence-corrected chi connectivity index (χ4v) is 3.54. The molecule has 1 aliphatic heterocycles. The number of hydrogen-bond acceptors (Lipinski definition) is 7. The number of ether oxygens (including phenoxy) is 2. The molecule has 10 nitrogen and oxygen atoms in total. The van der Waals surface area contributed by atoms with Crippen molar-refractivity contribution in [2.45, 2.75) is 19.3 Å². The summed E-state index contributed by atoms with van der Waals surface area (Å²) in [6.45, 7) is 2.26. The van der Waals surface area contributed by atoms with Crippen LogP contribution in [0.4, 0.5) is 23.1 Å². The number of benzene rings is 2. The first-order valence-corrected chi connectivity index (χ1v) is 10.4. The summed E-state index contributed by atoms with van der Waals surface area (Å²) in [6.07, 6.45) is -0.175. The molecule has 0 unspecified atom stereocenters. The van der Waals surface area contributed by atoms with Gasteiger partial charge in [-0.3, -0.25) is 19.4 Å². The number of anilines is 4. The van der Waals surface area contributed by atoms with Gasteiger partial charge < -0.3 is 25.4 Å². The fraction of sp³-hybridized carbons (Fsp3) is 0.217. The number of fused-ring (bicyclic) bond motifs is 1. The topological polar surface area (TPSA) is 134 Å². The minimum absolute atomic E-state index is 0.0456. The van der Waals surface area contributed by atoms with Gasteiger partial charge in [0.05, 0.1) is 30.9 Å². The predicted molar refractivity (Wildman–Crippen MR) is 123 cm³/mol. The number of methoxy groups -OCH3 is 1. The van der Waals surface area contributed by atoms with Crippen molar-refractivity contribution in [3.63, 3.8) is 0 Å². The summed E-state index contributed by atoms with van der Waals surface area (Å²) in [7, 11) is 1.57. The summed E-state index contributed by atoms with van der Waals surface area (Å²) in [5, 5.41) is 8.33. The number of H-pyrrole nitrogens is 1. The van der Waals surface area contributed by atoms with Crippen LogP contribution in [0.25, 0.3) is 0 Å². The number of aromatic amines is 1. The Hall–Kier alpha value is -4.34. The molecule has 0 radical (unpaired) electrons. The highest BCUT2D eigenvalue weighted by atomic mass is 16.5. The van der Waals surface area contributed by atoms with Gasteiger partial charge in [-0.15, -0.1) is 0 Å². The third-order valence-electron chi connectivity index (χ3n) is 5.07. The monoisotopic (exact) mass is 449 g/mol. The smallest absolute Gasteiger partial charge is 0.258 e. The molecule has 2 heterocycles. The van der Waals surface area contributed by atoms with E-state index in [2.05, 4.69) is 25.9 Å². The molecule has 2 aromatic carbocycles. The quantitative estimate of drug-likeness (QED) is 0.436. The average Bonchev–Trinajstić information content (AvgIpc) is 2.80. The summed E-state index contributed by atoms with van der Waals surface area (Å²) >= 11 is 0. The molecular weight excluding hydrogens is 426 g/mol. The molecule has 170 valence electrons. The van der Waals surface area contributed by atoms with E-state index in [1.54, 1.807) is 55.6 Å². The van der Waals surface area contributed by atoms with Crippen molar-refractivity contribution in [1.29, 1.82) is 0 Å². The molecule has 1 atom stereocenters. The minimum atomic E-state index is -1.00. The molecular formula is C23H23N5O5. The molecule has 1 aromatic heterocycles. The van der Waals surface area contributed by atoms with E-state index in [0.717, 1.165) is 0 Å². The van der Waals surface area contributed by atoms with Crippen LogP contribution >= 0.6 is 0 Å². The van der Waals surface area contributed by atoms with E-state index >= 15 is 0 Å². The predicted octanol–water partition coefficient (Wildman–Crippen LogP) is 2.99. The van der Waals surface area contributed by atoms with Crippen LogP contribution in [-0.4, -0.2) is 35.5 Å². The van der Waals surface area contributed by atoms with Crippen molar-refractivity contribution >= 4 is 35.0 Å². The first kappa shape index (κ1) is 21.9. The van der Waals surface area contributed by atoms with Crippen molar-refractivity contribution in [1.82, 2.24) is 9.97 Å². The van der Waals surface area contributed by atoms with Gasteiger partial charge in [0.1, 0.15) is 17.3 Å². The maximum absolute atomic E-state index is 13.1. The molecule has 1 aliphatic rings. The Morgan fingerprint density at radius 2 is 1.91 bits per heavy atom. The number of hydrogen-bond donors (Lipinski definition) is 4. The van der Waals surface area contributed by atoms with Crippen molar-refractivity contribution in [2.24, 2.45) is 0 Å². The standard InChI is InChI=1S/C23H23N5O5/c1-3-33-17-7-5-4-6-16(17)25-21(30)15-12-18(29)26-20-19(15)22(31)28-23(27-20)24-13-8-10-14(32-2)11-9-13/h4-11,15H,3,12H2,1-2H3,(H,25,30)(H3,24,26,27,28,29,31)/t15-/m0/s1. The van der Waals surface area contributed by atoms with Crippen LogP contribution in [0.5, 0.6) is 11.5 Å². The minimum Gasteiger partial charge on any atom is -0.497 e. The molecule has 0 bridgehead atoms. The van der Waals surface area contributed by atoms with Gasteiger partial charge in [-0.25, -0.2) is 0 Å². The van der Waals surface area contributed by atoms with Crippen LogP contribution in [0.1, 0.15) is 24.8 Å². The number of aromatic nitrogens is 2.